The van der Waals surface area contributed by atoms with Crippen LogP contribution < -0.4 is 9.62 Å². The van der Waals surface area contributed by atoms with Gasteiger partial charge in [-0.15, -0.1) is 0 Å². The van der Waals surface area contributed by atoms with Crippen molar-refractivity contribution in [3.8, 4) is 0 Å². The summed E-state index contributed by atoms with van der Waals surface area (Å²) in [5, 5.41) is 3.29. The summed E-state index contributed by atoms with van der Waals surface area (Å²) in [6, 6.07) is 17.3. The molecule has 40 heavy (non-hydrogen) atoms. The maximum absolute atomic E-state index is 14.0. The summed E-state index contributed by atoms with van der Waals surface area (Å²) in [6.07, 6.45) is 1.98. The third-order valence-electron chi connectivity index (χ3n) is 6.48. The van der Waals surface area contributed by atoms with Crippen LogP contribution in [0.1, 0.15) is 44.2 Å². The van der Waals surface area contributed by atoms with E-state index in [0.29, 0.717) is 23.6 Å². The van der Waals surface area contributed by atoms with Crippen LogP contribution in [0, 0.1) is 12.7 Å². The van der Waals surface area contributed by atoms with Crippen LogP contribution in [0.4, 0.5) is 10.1 Å². The number of sulfonamides is 1. The van der Waals surface area contributed by atoms with E-state index >= 15 is 0 Å². The Kier molecular flexibility index (Phi) is 11.1. The van der Waals surface area contributed by atoms with Gasteiger partial charge in [0.15, 0.2) is 0 Å². The number of rotatable bonds is 13. The molecule has 0 unspecified atom stereocenters. The summed E-state index contributed by atoms with van der Waals surface area (Å²) >= 11 is 6.06. The molecule has 0 aliphatic carbocycles. The Morgan fingerprint density at radius 2 is 1.57 bits per heavy atom. The summed E-state index contributed by atoms with van der Waals surface area (Å²) in [7, 11) is -4.17. The lowest BCUT2D eigenvalue weighted by atomic mass is 10.1. The molecule has 0 spiro atoms. The van der Waals surface area contributed by atoms with Crippen LogP contribution in [0.2, 0.25) is 5.02 Å². The van der Waals surface area contributed by atoms with Gasteiger partial charge >= 0.3 is 0 Å². The standard InChI is InChI=1S/C30H35ClFN3O4S/c1-4-6-19-33-30(37)28(5-2)34(20-23-9-13-25(32)14-10-23)29(36)21-35(26-15-11-24(31)12-16-26)40(38,39)27-17-7-22(3)8-18-27/h7-18,28H,4-6,19-21H2,1-3H3,(H,33,37)/t28-/m1/s1. The molecule has 2 amide bonds. The third kappa shape index (κ3) is 8.05. The van der Waals surface area contributed by atoms with E-state index in [2.05, 4.69) is 5.32 Å². The van der Waals surface area contributed by atoms with E-state index in [1.165, 1.54) is 53.4 Å². The Bertz CT molecular complexity index is 1380. The number of nitrogens with zero attached hydrogens (tertiary/aromatic N) is 2. The van der Waals surface area contributed by atoms with Crippen LogP contribution in [0.3, 0.4) is 0 Å². The van der Waals surface area contributed by atoms with Crippen LogP contribution in [0.5, 0.6) is 0 Å². The second-order valence-electron chi connectivity index (χ2n) is 9.52. The van der Waals surface area contributed by atoms with Crippen LogP contribution >= 0.6 is 11.6 Å². The number of hydrogen-bond acceptors (Lipinski definition) is 4. The number of amides is 2. The number of halogens is 2. The highest BCUT2D eigenvalue weighted by molar-refractivity contribution is 7.92. The molecule has 10 heteroatoms. The maximum Gasteiger partial charge on any atom is 0.264 e. The first kappa shape index (κ1) is 31.1. The monoisotopic (exact) mass is 587 g/mol. The number of benzene rings is 3. The van der Waals surface area contributed by atoms with Crippen molar-refractivity contribution < 1.29 is 22.4 Å². The number of nitrogens with one attached hydrogen (secondary N) is 1. The van der Waals surface area contributed by atoms with Gasteiger partial charge in [-0.3, -0.25) is 13.9 Å². The van der Waals surface area contributed by atoms with Crippen LogP contribution in [-0.4, -0.2) is 44.3 Å². The predicted molar refractivity (Wildman–Crippen MR) is 156 cm³/mol. The third-order valence-corrected chi connectivity index (χ3v) is 8.52. The average Bonchev–Trinajstić information content (AvgIpc) is 2.93. The summed E-state index contributed by atoms with van der Waals surface area (Å²) in [4.78, 5) is 28.5. The van der Waals surface area contributed by atoms with Gasteiger partial charge in [0, 0.05) is 18.1 Å². The van der Waals surface area contributed by atoms with Gasteiger partial charge < -0.3 is 10.2 Å². The van der Waals surface area contributed by atoms with E-state index in [9.17, 15) is 22.4 Å². The quantitative estimate of drug-likeness (QED) is 0.260. The van der Waals surface area contributed by atoms with Crippen molar-refractivity contribution in [1.29, 1.82) is 0 Å². The molecule has 3 rings (SSSR count). The van der Waals surface area contributed by atoms with Crippen molar-refractivity contribution in [2.75, 3.05) is 17.4 Å². The molecule has 0 radical (unpaired) electrons. The Morgan fingerprint density at radius 3 is 2.15 bits per heavy atom. The Balaban J connectivity index is 2.02. The number of carbonyl (C=O) groups is 2. The molecular formula is C30H35ClFN3O4S. The van der Waals surface area contributed by atoms with Gasteiger partial charge in [-0.25, -0.2) is 12.8 Å². The van der Waals surface area contributed by atoms with Crippen LogP contribution in [-0.2, 0) is 26.2 Å². The van der Waals surface area contributed by atoms with Gasteiger partial charge in [0.25, 0.3) is 10.0 Å². The molecule has 0 saturated heterocycles. The molecule has 0 aromatic heterocycles. The zero-order chi connectivity index (χ0) is 29.3. The summed E-state index contributed by atoms with van der Waals surface area (Å²) in [5.74, 6) is -1.33. The molecule has 0 fully saturated rings. The zero-order valence-corrected chi connectivity index (χ0v) is 24.5. The lowest BCUT2D eigenvalue weighted by molar-refractivity contribution is -0.140. The highest BCUT2D eigenvalue weighted by atomic mass is 35.5. The van der Waals surface area contributed by atoms with Crippen molar-refractivity contribution in [1.82, 2.24) is 10.2 Å². The zero-order valence-electron chi connectivity index (χ0n) is 22.9. The van der Waals surface area contributed by atoms with Crippen molar-refractivity contribution in [2.24, 2.45) is 0 Å². The summed E-state index contributed by atoms with van der Waals surface area (Å²) in [6.45, 7) is 5.54. The van der Waals surface area contributed by atoms with E-state index < -0.39 is 34.3 Å². The lowest BCUT2D eigenvalue weighted by Crippen LogP contribution is -2.52. The molecule has 3 aromatic carbocycles. The number of carbonyl (C=O) groups excluding carboxylic acids is 2. The second kappa shape index (κ2) is 14.3. The SMILES string of the molecule is CCCCNC(=O)[C@@H](CC)N(Cc1ccc(F)cc1)C(=O)CN(c1ccc(Cl)cc1)S(=O)(=O)c1ccc(C)cc1. The average molecular weight is 588 g/mol. The molecule has 1 atom stereocenters. The van der Waals surface area contributed by atoms with Crippen molar-refractivity contribution in [3.05, 3.63) is 94.8 Å². The lowest BCUT2D eigenvalue weighted by Gasteiger charge is -2.33. The highest BCUT2D eigenvalue weighted by Crippen LogP contribution is 2.26. The van der Waals surface area contributed by atoms with Crippen LogP contribution in [0.25, 0.3) is 0 Å². The minimum Gasteiger partial charge on any atom is -0.354 e. The minimum absolute atomic E-state index is 0.00213. The molecule has 0 bridgehead atoms. The minimum atomic E-state index is -4.17. The summed E-state index contributed by atoms with van der Waals surface area (Å²) in [5.41, 5.74) is 1.74. The van der Waals surface area contributed by atoms with E-state index in [4.69, 9.17) is 11.6 Å². The Hall–Kier alpha value is -3.43. The van der Waals surface area contributed by atoms with E-state index in [1.807, 2.05) is 13.8 Å². The second-order valence-corrected chi connectivity index (χ2v) is 11.8. The first-order valence-electron chi connectivity index (χ1n) is 13.2. The fourth-order valence-corrected chi connectivity index (χ4v) is 5.73. The van der Waals surface area contributed by atoms with Crippen molar-refractivity contribution in [3.63, 3.8) is 0 Å². The Morgan fingerprint density at radius 1 is 0.950 bits per heavy atom. The first-order valence-corrected chi connectivity index (χ1v) is 15.0. The van der Waals surface area contributed by atoms with Crippen molar-refractivity contribution in [2.45, 2.75) is 57.5 Å². The molecule has 214 valence electrons. The Labute approximate surface area is 241 Å². The largest absolute Gasteiger partial charge is 0.354 e. The fourth-order valence-electron chi connectivity index (χ4n) is 4.19. The van der Waals surface area contributed by atoms with Gasteiger partial charge in [-0.1, -0.05) is 61.7 Å². The number of unbranched alkanes of at least 4 members (excludes halogenated alkanes) is 1. The molecule has 0 aliphatic heterocycles. The van der Waals surface area contributed by atoms with Gasteiger partial charge in [-0.05, 0) is 73.9 Å². The molecule has 1 N–H and O–H groups in total. The molecule has 0 aliphatic rings. The van der Waals surface area contributed by atoms with Gasteiger partial charge in [0.05, 0.1) is 10.6 Å². The number of anilines is 1. The molecular weight excluding hydrogens is 553 g/mol. The predicted octanol–water partition coefficient (Wildman–Crippen LogP) is 5.71. The normalized spacial score (nSPS) is 12.0. The van der Waals surface area contributed by atoms with E-state index in [0.717, 1.165) is 22.7 Å². The highest BCUT2D eigenvalue weighted by Gasteiger charge is 2.33. The molecule has 0 heterocycles. The first-order chi connectivity index (χ1) is 19.1. The van der Waals surface area contributed by atoms with Gasteiger partial charge in [0.1, 0.15) is 18.4 Å². The fraction of sp³-hybridized carbons (Fsp3) is 0.333. The van der Waals surface area contributed by atoms with E-state index in [-0.39, 0.29) is 23.0 Å². The van der Waals surface area contributed by atoms with Crippen molar-refractivity contribution >= 4 is 39.1 Å². The number of hydrogen-bond donors (Lipinski definition) is 1. The smallest absolute Gasteiger partial charge is 0.264 e. The van der Waals surface area contributed by atoms with Gasteiger partial charge in [0.2, 0.25) is 11.8 Å². The molecule has 0 saturated carbocycles. The molecule has 3 aromatic rings. The van der Waals surface area contributed by atoms with Crippen LogP contribution in [0.15, 0.2) is 77.7 Å². The van der Waals surface area contributed by atoms with Gasteiger partial charge in [-0.2, -0.15) is 0 Å². The van der Waals surface area contributed by atoms with E-state index in [1.54, 1.807) is 31.2 Å². The molecule has 7 nitrogen and oxygen atoms in total. The number of aryl methyl sites for hydroxylation is 1. The summed E-state index contributed by atoms with van der Waals surface area (Å²) < 4.78 is 42.3. The topological polar surface area (TPSA) is 86.8 Å². The maximum atomic E-state index is 14.0.